The van der Waals surface area contributed by atoms with Gasteiger partial charge in [-0.2, -0.15) is 0 Å². The predicted molar refractivity (Wildman–Crippen MR) is 110 cm³/mol. The van der Waals surface area contributed by atoms with Gasteiger partial charge >= 0.3 is 0 Å². The van der Waals surface area contributed by atoms with Crippen LogP contribution in [-0.4, -0.2) is 57.2 Å². The highest BCUT2D eigenvalue weighted by Gasteiger charge is 2.18. The number of rotatable bonds is 7. The molecule has 28 heavy (non-hydrogen) atoms. The van der Waals surface area contributed by atoms with Crippen molar-refractivity contribution >= 4 is 11.9 Å². The third-order valence-electron chi connectivity index (χ3n) is 5.83. The average Bonchev–Trinajstić information content (AvgIpc) is 3.25. The summed E-state index contributed by atoms with van der Waals surface area (Å²) in [5.41, 5.74) is 0. The molecule has 1 aromatic heterocycles. The van der Waals surface area contributed by atoms with E-state index in [2.05, 4.69) is 20.8 Å². The molecule has 1 aliphatic heterocycles. The molecule has 8 heteroatoms. The van der Waals surface area contributed by atoms with Crippen LogP contribution >= 0.6 is 0 Å². The van der Waals surface area contributed by atoms with Gasteiger partial charge in [0.1, 0.15) is 12.4 Å². The molecule has 0 unspecified atom stereocenters. The highest BCUT2D eigenvalue weighted by Crippen LogP contribution is 2.17. The molecule has 2 aliphatic rings. The fraction of sp³-hybridized carbons (Fsp3) is 0.800. The number of amides is 1. The molecule has 1 saturated heterocycles. The Bertz CT molecular complexity index is 664. The molecule has 1 aromatic rings. The quantitative estimate of drug-likeness (QED) is 0.422. The topological polar surface area (TPSA) is 87.4 Å². The summed E-state index contributed by atoms with van der Waals surface area (Å²) in [6, 6.07) is 0.500. The van der Waals surface area contributed by atoms with Crippen molar-refractivity contribution in [3.63, 3.8) is 0 Å². The maximum Gasteiger partial charge on any atom is 0.222 e. The molecular weight excluding hydrogens is 354 g/mol. The Kier molecular flexibility index (Phi) is 7.68. The third kappa shape index (κ3) is 5.94. The van der Waals surface area contributed by atoms with Gasteiger partial charge in [-0.1, -0.05) is 19.3 Å². The number of aromatic nitrogens is 3. The average molecular weight is 390 g/mol. The van der Waals surface area contributed by atoms with Crippen molar-refractivity contribution in [3.05, 3.63) is 11.6 Å². The SMILES string of the molecule is Cc1nnc(CN=C(NCCCN2CCCCCC2=O)NC2CCCC2)n1C. The van der Waals surface area contributed by atoms with Crippen LogP contribution in [0.1, 0.15) is 69.4 Å². The lowest BCUT2D eigenvalue weighted by molar-refractivity contribution is -0.130. The Labute approximate surface area is 168 Å². The van der Waals surface area contributed by atoms with E-state index in [9.17, 15) is 4.79 Å². The van der Waals surface area contributed by atoms with Crippen LogP contribution in [0.5, 0.6) is 0 Å². The maximum absolute atomic E-state index is 12.1. The number of carbonyl (C=O) groups is 1. The van der Waals surface area contributed by atoms with Gasteiger partial charge in [-0.3, -0.25) is 4.79 Å². The lowest BCUT2D eigenvalue weighted by Gasteiger charge is -2.21. The first-order chi connectivity index (χ1) is 13.6. The first kappa shape index (κ1) is 20.6. The Hall–Kier alpha value is -2.12. The van der Waals surface area contributed by atoms with Crippen molar-refractivity contribution in [2.45, 2.75) is 77.3 Å². The Morgan fingerprint density at radius 3 is 2.75 bits per heavy atom. The fourth-order valence-electron chi connectivity index (χ4n) is 3.91. The molecule has 156 valence electrons. The summed E-state index contributed by atoms with van der Waals surface area (Å²) in [5.74, 6) is 2.91. The van der Waals surface area contributed by atoms with Crippen LogP contribution in [0.2, 0.25) is 0 Å². The molecule has 0 radical (unpaired) electrons. The lowest BCUT2D eigenvalue weighted by Crippen LogP contribution is -2.43. The number of carbonyl (C=O) groups excluding carboxylic acids is 1. The van der Waals surface area contributed by atoms with Gasteiger partial charge in [-0.25, -0.2) is 4.99 Å². The van der Waals surface area contributed by atoms with Crippen LogP contribution in [0.15, 0.2) is 4.99 Å². The second-order valence-corrected chi connectivity index (χ2v) is 7.98. The number of nitrogens with zero attached hydrogens (tertiary/aromatic N) is 5. The number of aliphatic imine (C=N–C) groups is 1. The summed E-state index contributed by atoms with van der Waals surface area (Å²) in [7, 11) is 1.97. The van der Waals surface area contributed by atoms with Gasteiger partial charge in [0.05, 0.1) is 0 Å². The lowest BCUT2D eigenvalue weighted by atomic mass is 10.2. The summed E-state index contributed by atoms with van der Waals surface area (Å²) < 4.78 is 1.97. The highest BCUT2D eigenvalue weighted by atomic mass is 16.2. The zero-order valence-corrected chi connectivity index (χ0v) is 17.4. The number of guanidine groups is 1. The fourth-order valence-corrected chi connectivity index (χ4v) is 3.91. The zero-order valence-electron chi connectivity index (χ0n) is 17.4. The molecule has 2 heterocycles. The van der Waals surface area contributed by atoms with Crippen molar-refractivity contribution < 1.29 is 4.79 Å². The van der Waals surface area contributed by atoms with Gasteiger partial charge in [0.25, 0.3) is 0 Å². The minimum absolute atomic E-state index is 0.313. The monoisotopic (exact) mass is 389 g/mol. The summed E-state index contributed by atoms with van der Waals surface area (Å²) in [6.45, 7) is 4.99. The number of aryl methyl sites for hydroxylation is 1. The summed E-state index contributed by atoms with van der Waals surface area (Å²) in [4.78, 5) is 18.9. The molecule has 8 nitrogen and oxygen atoms in total. The number of hydrogen-bond acceptors (Lipinski definition) is 4. The van der Waals surface area contributed by atoms with Gasteiger partial charge in [-0.15, -0.1) is 10.2 Å². The molecule has 0 bridgehead atoms. The number of hydrogen-bond donors (Lipinski definition) is 2. The van der Waals surface area contributed by atoms with E-state index in [0.717, 1.165) is 56.5 Å². The van der Waals surface area contributed by atoms with E-state index in [-0.39, 0.29) is 0 Å². The molecule has 1 aliphatic carbocycles. The molecule has 2 N–H and O–H groups in total. The molecular formula is C20H35N7O. The first-order valence-corrected chi connectivity index (χ1v) is 10.8. The van der Waals surface area contributed by atoms with E-state index >= 15 is 0 Å². The van der Waals surface area contributed by atoms with E-state index < -0.39 is 0 Å². The van der Waals surface area contributed by atoms with Crippen molar-refractivity contribution in [2.75, 3.05) is 19.6 Å². The molecule has 0 atom stereocenters. The van der Waals surface area contributed by atoms with Crippen LogP contribution in [0.3, 0.4) is 0 Å². The van der Waals surface area contributed by atoms with Crippen LogP contribution in [0.25, 0.3) is 0 Å². The summed E-state index contributed by atoms with van der Waals surface area (Å²) in [6.07, 6.45) is 9.95. The van der Waals surface area contributed by atoms with Crippen LogP contribution < -0.4 is 10.6 Å². The van der Waals surface area contributed by atoms with Gasteiger partial charge in [0.15, 0.2) is 11.8 Å². The number of nitrogens with one attached hydrogen (secondary N) is 2. The molecule has 3 rings (SSSR count). The summed E-state index contributed by atoms with van der Waals surface area (Å²) in [5, 5.41) is 15.3. The highest BCUT2D eigenvalue weighted by molar-refractivity contribution is 5.80. The smallest absolute Gasteiger partial charge is 0.222 e. The van der Waals surface area contributed by atoms with Crippen LogP contribution in [-0.2, 0) is 18.4 Å². The second-order valence-electron chi connectivity index (χ2n) is 7.98. The van der Waals surface area contributed by atoms with Crippen molar-refractivity contribution in [1.29, 1.82) is 0 Å². The summed E-state index contributed by atoms with van der Waals surface area (Å²) >= 11 is 0. The van der Waals surface area contributed by atoms with Gasteiger partial charge in [-0.05, 0) is 39.0 Å². The minimum atomic E-state index is 0.313. The molecule has 0 aromatic carbocycles. The minimum Gasteiger partial charge on any atom is -0.356 e. The molecule has 0 spiro atoms. The Morgan fingerprint density at radius 2 is 2.00 bits per heavy atom. The Balaban J connectivity index is 1.50. The second kappa shape index (κ2) is 10.4. The predicted octanol–water partition coefficient (Wildman–Crippen LogP) is 1.89. The zero-order chi connectivity index (χ0) is 19.8. The van der Waals surface area contributed by atoms with Gasteiger partial charge < -0.3 is 20.1 Å². The van der Waals surface area contributed by atoms with E-state index in [4.69, 9.17) is 4.99 Å². The van der Waals surface area contributed by atoms with Crippen molar-refractivity contribution in [2.24, 2.45) is 12.0 Å². The van der Waals surface area contributed by atoms with Gasteiger partial charge in [0, 0.05) is 39.1 Å². The Morgan fingerprint density at radius 1 is 1.18 bits per heavy atom. The largest absolute Gasteiger partial charge is 0.356 e. The third-order valence-corrected chi connectivity index (χ3v) is 5.83. The van der Waals surface area contributed by atoms with E-state index in [1.807, 2.05) is 23.4 Å². The first-order valence-electron chi connectivity index (χ1n) is 10.8. The normalized spacial score (nSPS) is 19.1. The van der Waals surface area contributed by atoms with E-state index in [1.54, 1.807) is 0 Å². The van der Waals surface area contributed by atoms with E-state index in [0.29, 0.717) is 24.9 Å². The van der Waals surface area contributed by atoms with Crippen LogP contribution in [0, 0.1) is 6.92 Å². The number of likely N-dealkylation sites (tertiary alicyclic amines) is 1. The standard InChI is InChI=1S/C20H35N7O/c1-16-24-25-18(26(16)2)15-22-20(23-17-9-5-6-10-17)21-12-8-14-27-13-7-3-4-11-19(27)28/h17H,3-15H2,1-2H3,(H2,21,22,23). The molecule has 1 amide bonds. The van der Waals surface area contributed by atoms with Crippen molar-refractivity contribution in [3.8, 4) is 0 Å². The van der Waals surface area contributed by atoms with Crippen molar-refractivity contribution in [1.82, 2.24) is 30.3 Å². The van der Waals surface area contributed by atoms with E-state index in [1.165, 1.54) is 32.1 Å². The maximum atomic E-state index is 12.1. The van der Waals surface area contributed by atoms with Crippen LogP contribution in [0.4, 0.5) is 0 Å². The molecule has 2 fully saturated rings. The van der Waals surface area contributed by atoms with Gasteiger partial charge in [0.2, 0.25) is 5.91 Å². The molecule has 1 saturated carbocycles.